The van der Waals surface area contributed by atoms with Crippen LogP contribution in [0.15, 0.2) is 64.5 Å². The Balaban J connectivity index is 1.94. The summed E-state index contributed by atoms with van der Waals surface area (Å²) in [6.45, 7) is 0.103. The lowest BCUT2D eigenvalue weighted by Crippen LogP contribution is -2.08. The quantitative estimate of drug-likeness (QED) is 0.689. The topological polar surface area (TPSA) is 116 Å². The van der Waals surface area contributed by atoms with Crippen LogP contribution in [-0.4, -0.2) is 20.7 Å². The first-order chi connectivity index (χ1) is 12.1. The van der Waals surface area contributed by atoms with Crippen molar-refractivity contribution in [2.45, 2.75) is 6.54 Å². The lowest BCUT2D eigenvalue weighted by molar-refractivity contribution is 0.547. The van der Waals surface area contributed by atoms with Gasteiger partial charge in [-0.25, -0.2) is 19.3 Å². The molecule has 126 valence electrons. The third kappa shape index (κ3) is 4.05. The molecule has 0 aliphatic heterocycles. The van der Waals surface area contributed by atoms with Crippen LogP contribution < -0.4 is 11.5 Å². The number of aromatic nitrogens is 3. The second kappa shape index (κ2) is 7.35. The molecule has 7 nitrogen and oxygen atoms in total. The van der Waals surface area contributed by atoms with E-state index in [1.165, 1.54) is 30.8 Å². The predicted octanol–water partition coefficient (Wildman–Crippen LogP) is 2.18. The van der Waals surface area contributed by atoms with Crippen LogP contribution in [0.2, 0.25) is 0 Å². The van der Waals surface area contributed by atoms with Gasteiger partial charge in [-0.1, -0.05) is 18.2 Å². The van der Waals surface area contributed by atoms with E-state index in [4.69, 9.17) is 15.9 Å². The van der Waals surface area contributed by atoms with Gasteiger partial charge >= 0.3 is 0 Å². The van der Waals surface area contributed by atoms with Crippen molar-refractivity contribution in [1.29, 1.82) is 0 Å². The second-order valence-electron chi connectivity index (χ2n) is 5.03. The Morgan fingerprint density at radius 2 is 2.04 bits per heavy atom. The van der Waals surface area contributed by atoms with Crippen molar-refractivity contribution in [2.75, 3.05) is 5.73 Å². The molecule has 2 heterocycles. The molecule has 0 fully saturated rings. The maximum atomic E-state index is 13.8. The molecule has 0 saturated carbocycles. The van der Waals surface area contributed by atoms with Crippen molar-refractivity contribution >= 4 is 17.2 Å². The van der Waals surface area contributed by atoms with E-state index in [0.29, 0.717) is 17.1 Å². The molecule has 0 saturated heterocycles. The highest BCUT2D eigenvalue weighted by atomic mass is 19.1. The van der Waals surface area contributed by atoms with Crippen LogP contribution in [0.4, 0.5) is 10.2 Å². The van der Waals surface area contributed by atoms with E-state index >= 15 is 0 Å². The largest absolute Gasteiger partial charge is 0.443 e. The molecular formula is C17H15FN6O. The minimum Gasteiger partial charge on any atom is -0.443 e. The van der Waals surface area contributed by atoms with Crippen molar-refractivity contribution in [3.05, 3.63) is 78.2 Å². The summed E-state index contributed by atoms with van der Waals surface area (Å²) in [7, 11) is 0. The predicted molar refractivity (Wildman–Crippen MR) is 91.8 cm³/mol. The van der Waals surface area contributed by atoms with Gasteiger partial charge in [-0.3, -0.25) is 4.99 Å². The lowest BCUT2D eigenvalue weighted by atomic mass is 10.2. The molecule has 0 bridgehead atoms. The average Bonchev–Trinajstić information content (AvgIpc) is 3.14. The standard InChI is InChI=1S/C17H15FN6O/c18-12-4-2-1-3-11(12)10-23-14(17-22-7-8-25-17)9-13(19)16-21-6-5-15(20)24-16/h1-9H,10,19H2,(H2,20,21,24). The van der Waals surface area contributed by atoms with E-state index < -0.39 is 0 Å². The Hall–Kier alpha value is -3.55. The Morgan fingerprint density at radius 3 is 2.76 bits per heavy atom. The van der Waals surface area contributed by atoms with E-state index in [2.05, 4.69) is 19.9 Å². The third-order valence-corrected chi connectivity index (χ3v) is 3.26. The van der Waals surface area contributed by atoms with E-state index in [9.17, 15) is 4.39 Å². The Bertz CT molecular complexity index is 920. The van der Waals surface area contributed by atoms with E-state index in [1.807, 2.05) is 0 Å². The highest BCUT2D eigenvalue weighted by molar-refractivity contribution is 6.08. The molecule has 0 aliphatic rings. The van der Waals surface area contributed by atoms with Gasteiger partial charge in [0.25, 0.3) is 0 Å². The fraction of sp³-hybridized carbons (Fsp3) is 0.0588. The second-order valence-corrected chi connectivity index (χ2v) is 5.03. The summed E-state index contributed by atoms with van der Waals surface area (Å²) >= 11 is 0. The van der Waals surface area contributed by atoms with E-state index in [1.54, 1.807) is 24.3 Å². The van der Waals surface area contributed by atoms with Crippen LogP contribution in [-0.2, 0) is 6.54 Å². The number of nitrogens with two attached hydrogens (primary N) is 2. The van der Waals surface area contributed by atoms with Gasteiger partial charge in [0, 0.05) is 11.8 Å². The van der Waals surface area contributed by atoms with Gasteiger partial charge in [-0.2, -0.15) is 0 Å². The van der Waals surface area contributed by atoms with Gasteiger partial charge in [0.05, 0.1) is 18.4 Å². The zero-order chi connectivity index (χ0) is 17.6. The lowest BCUT2D eigenvalue weighted by Gasteiger charge is -2.03. The van der Waals surface area contributed by atoms with Gasteiger partial charge < -0.3 is 15.9 Å². The molecule has 4 N–H and O–H groups in total. The van der Waals surface area contributed by atoms with Gasteiger partial charge in [-0.05, 0) is 18.2 Å². The van der Waals surface area contributed by atoms with Crippen LogP contribution in [0, 0.1) is 5.82 Å². The molecule has 0 aliphatic carbocycles. The monoisotopic (exact) mass is 338 g/mol. The van der Waals surface area contributed by atoms with E-state index in [-0.39, 0.29) is 29.8 Å². The number of hydrogen-bond acceptors (Lipinski definition) is 7. The molecule has 8 heteroatoms. The number of nitrogen functional groups attached to an aromatic ring is 1. The van der Waals surface area contributed by atoms with Gasteiger partial charge in [0.15, 0.2) is 5.82 Å². The molecule has 0 amide bonds. The highest BCUT2D eigenvalue weighted by Crippen LogP contribution is 2.12. The minimum absolute atomic E-state index is 0.103. The van der Waals surface area contributed by atoms with Crippen LogP contribution >= 0.6 is 0 Å². The third-order valence-electron chi connectivity index (χ3n) is 3.26. The molecule has 2 aromatic heterocycles. The maximum Gasteiger partial charge on any atom is 0.244 e. The summed E-state index contributed by atoms with van der Waals surface area (Å²) < 4.78 is 19.0. The summed E-state index contributed by atoms with van der Waals surface area (Å²) in [5, 5.41) is 0. The fourth-order valence-corrected chi connectivity index (χ4v) is 2.05. The number of aliphatic imine (C=N–C) groups is 1. The normalized spacial score (nSPS) is 12.4. The zero-order valence-electron chi connectivity index (χ0n) is 13.1. The summed E-state index contributed by atoms with van der Waals surface area (Å²) in [6.07, 6.45) is 5.91. The number of allylic oxidation sites excluding steroid dienone is 1. The van der Waals surface area contributed by atoms with Crippen LogP contribution in [0.3, 0.4) is 0 Å². The van der Waals surface area contributed by atoms with Crippen molar-refractivity contribution in [3.63, 3.8) is 0 Å². The Morgan fingerprint density at radius 1 is 1.20 bits per heavy atom. The molecule has 0 atom stereocenters. The molecule has 0 spiro atoms. The van der Waals surface area contributed by atoms with Crippen molar-refractivity contribution < 1.29 is 8.81 Å². The number of hydrogen-bond donors (Lipinski definition) is 2. The first kappa shape index (κ1) is 16.3. The van der Waals surface area contributed by atoms with E-state index in [0.717, 1.165) is 0 Å². The first-order valence-corrected chi connectivity index (χ1v) is 7.37. The summed E-state index contributed by atoms with van der Waals surface area (Å²) in [6, 6.07) is 7.94. The Kier molecular flexibility index (Phi) is 4.79. The number of nitrogens with zero attached hydrogens (tertiary/aromatic N) is 4. The number of anilines is 1. The number of rotatable bonds is 5. The van der Waals surface area contributed by atoms with Crippen molar-refractivity contribution in [2.24, 2.45) is 10.7 Å². The van der Waals surface area contributed by atoms with Crippen molar-refractivity contribution in [1.82, 2.24) is 15.0 Å². The molecule has 0 unspecified atom stereocenters. The molecule has 1 aromatic carbocycles. The number of benzene rings is 1. The van der Waals surface area contributed by atoms with Gasteiger partial charge in [-0.15, -0.1) is 0 Å². The fourth-order valence-electron chi connectivity index (χ4n) is 2.05. The summed E-state index contributed by atoms with van der Waals surface area (Å²) in [4.78, 5) is 16.5. The number of halogens is 1. The molecular weight excluding hydrogens is 323 g/mol. The average molecular weight is 338 g/mol. The molecule has 3 aromatic rings. The minimum atomic E-state index is -0.339. The SMILES string of the molecule is NC(=CC(=NCc1ccccc1F)c1ncco1)c1nccc(N)n1. The first-order valence-electron chi connectivity index (χ1n) is 7.37. The van der Waals surface area contributed by atoms with Crippen LogP contribution in [0.5, 0.6) is 0 Å². The number of oxazole rings is 1. The molecule has 0 radical (unpaired) electrons. The maximum absolute atomic E-state index is 13.8. The summed E-state index contributed by atoms with van der Waals surface area (Å²) in [5.74, 6) is 0.463. The molecule has 25 heavy (non-hydrogen) atoms. The summed E-state index contributed by atoms with van der Waals surface area (Å²) in [5.41, 5.74) is 12.7. The van der Waals surface area contributed by atoms with Crippen molar-refractivity contribution in [3.8, 4) is 0 Å². The zero-order valence-corrected chi connectivity index (χ0v) is 13.1. The molecule has 3 rings (SSSR count). The van der Waals surface area contributed by atoms with Gasteiger partial charge in [0.1, 0.15) is 23.6 Å². The van der Waals surface area contributed by atoms with Crippen LogP contribution in [0.1, 0.15) is 17.3 Å². The Labute approximate surface area is 143 Å². The highest BCUT2D eigenvalue weighted by Gasteiger charge is 2.10. The van der Waals surface area contributed by atoms with Crippen LogP contribution in [0.25, 0.3) is 5.70 Å². The van der Waals surface area contributed by atoms with Gasteiger partial charge in [0.2, 0.25) is 5.89 Å². The smallest absolute Gasteiger partial charge is 0.244 e.